The molecule has 0 heterocycles. The van der Waals surface area contributed by atoms with E-state index in [4.69, 9.17) is 27.3 Å². The Bertz CT molecular complexity index is 662. The number of ether oxygens (including phenoxy) is 1. The van der Waals surface area contributed by atoms with Gasteiger partial charge in [-0.1, -0.05) is 63.0 Å². The van der Waals surface area contributed by atoms with Crippen molar-refractivity contribution in [2.45, 2.75) is 13.2 Å². The molecule has 0 bridgehead atoms. The lowest BCUT2D eigenvalue weighted by Crippen LogP contribution is -2.13. The second-order valence-corrected chi connectivity index (χ2v) is 5.64. The minimum atomic E-state index is 0.0255. The maximum Gasteiger partial charge on any atom is 0.170 e. The normalized spacial score (nSPS) is 11.6. The highest BCUT2D eigenvalue weighted by atomic mass is 79.9. The highest BCUT2D eigenvalue weighted by molar-refractivity contribution is 9.10. The average molecular weight is 370 g/mol. The van der Waals surface area contributed by atoms with Gasteiger partial charge in [-0.05, 0) is 23.3 Å². The molecule has 2 aromatic rings. The highest BCUT2D eigenvalue weighted by Gasteiger charge is 2.06. The molecule has 2 aromatic carbocycles. The number of benzene rings is 2. The smallest absolute Gasteiger partial charge is 0.170 e. The van der Waals surface area contributed by atoms with Crippen molar-refractivity contribution in [2.24, 2.45) is 10.9 Å². The summed E-state index contributed by atoms with van der Waals surface area (Å²) in [6.45, 7) is 0.871. The van der Waals surface area contributed by atoms with Crippen LogP contribution in [0.4, 0.5) is 0 Å². The number of rotatable bonds is 5. The van der Waals surface area contributed by atoms with Gasteiger partial charge in [-0.3, -0.25) is 0 Å². The average Bonchev–Trinajstić information content (AvgIpc) is 2.50. The summed E-state index contributed by atoms with van der Waals surface area (Å²) in [6, 6.07) is 13.1. The van der Waals surface area contributed by atoms with Crippen LogP contribution in [0.2, 0.25) is 5.02 Å². The van der Waals surface area contributed by atoms with Gasteiger partial charge in [0.1, 0.15) is 0 Å². The van der Waals surface area contributed by atoms with Crippen molar-refractivity contribution >= 4 is 33.4 Å². The monoisotopic (exact) mass is 368 g/mol. The Labute approximate surface area is 136 Å². The molecule has 0 radical (unpaired) electrons. The predicted octanol–water partition coefficient (Wildman–Crippen LogP) is 3.91. The van der Waals surface area contributed by atoms with Crippen molar-refractivity contribution in [3.63, 3.8) is 0 Å². The number of hydrogen-bond acceptors (Lipinski definition) is 3. The third kappa shape index (κ3) is 4.20. The van der Waals surface area contributed by atoms with Gasteiger partial charge >= 0.3 is 0 Å². The van der Waals surface area contributed by atoms with Crippen LogP contribution in [0.1, 0.15) is 16.7 Å². The molecular weight excluding hydrogens is 356 g/mol. The lowest BCUT2D eigenvalue weighted by atomic mass is 10.1. The Morgan fingerprint density at radius 1 is 1.19 bits per heavy atom. The summed E-state index contributed by atoms with van der Waals surface area (Å²) in [5.74, 6) is 0.0255. The molecule has 0 amide bonds. The van der Waals surface area contributed by atoms with E-state index in [2.05, 4.69) is 21.1 Å². The van der Waals surface area contributed by atoms with Crippen molar-refractivity contribution in [1.82, 2.24) is 0 Å². The van der Waals surface area contributed by atoms with Crippen molar-refractivity contribution in [3.8, 4) is 0 Å². The molecule has 21 heavy (non-hydrogen) atoms. The number of halogens is 2. The zero-order chi connectivity index (χ0) is 15.2. The lowest BCUT2D eigenvalue weighted by Gasteiger charge is -2.09. The van der Waals surface area contributed by atoms with Crippen LogP contribution in [0, 0.1) is 0 Å². The van der Waals surface area contributed by atoms with Crippen molar-refractivity contribution in [3.05, 3.63) is 68.7 Å². The van der Waals surface area contributed by atoms with E-state index >= 15 is 0 Å². The number of nitrogens with two attached hydrogens (primary N) is 1. The van der Waals surface area contributed by atoms with Crippen LogP contribution in [-0.2, 0) is 18.0 Å². The summed E-state index contributed by atoms with van der Waals surface area (Å²) in [5.41, 5.74) is 7.99. The van der Waals surface area contributed by atoms with Gasteiger partial charge in [-0.25, -0.2) is 0 Å². The maximum atomic E-state index is 8.63. The molecule has 4 nitrogen and oxygen atoms in total. The van der Waals surface area contributed by atoms with Crippen molar-refractivity contribution in [2.75, 3.05) is 0 Å². The first-order valence-corrected chi connectivity index (χ1v) is 7.36. The Hall–Kier alpha value is -1.56. The number of hydrogen-bond donors (Lipinski definition) is 2. The molecule has 3 N–H and O–H groups in total. The van der Waals surface area contributed by atoms with Crippen LogP contribution < -0.4 is 5.73 Å². The molecule has 0 spiro atoms. The Kier molecular flexibility index (Phi) is 5.61. The maximum absolute atomic E-state index is 8.63. The van der Waals surface area contributed by atoms with Crippen LogP contribution in [0.5, 0.6) is 0 Å². The summed E-state index contributed by atoms with van der Waals surface area (Å²) in [7, 11) is 0. The largest absolute Gasteiger partial charge is 0.409 e. The Morgan fingerprint density at radius 2 is 1.90 bits per heavy atom. The van der Waals surface area contributed by atoms with E-state index in [1.54, 1.807) is 18.2 Å². The van der Waals surface area contributed by atoms with E-state index in [1.165, 1.54) is 0 Å². The zero-order valence-electron chi connectivity index (χ0n) is 11.1. The summed E-state index contributed by atoms with van der Waals surface area (Å²) < 4.78 is 6.68. The van der Waals surface area contributed by atoms with Gasteiger partial charge in [0, 0.05) is 15.1 Å². The zero-order valence-corrected chi connectivity index (χ0v) is 13.4. The molecule has 110 valence electrons. The van der Waals surface area contributed by atoms with Gasteiger partial charge in [0.25, 0.3) is 0 Å². The fourth-order valence-electron chi connectivity index (χ4n) is 1.77. The van der Waals surface area contributed by atoms with Gasteiger partial charge in [0.15, 0.2) is 5.84 Å². The first kappa shape index (κ1) is 15.8. The van der Waals surface area contributed by atoms with Crippen LogP contribution >= 0.6 is 27.5 Å². The molecule has 0 fully saturated rings. The summed E-state index contributed by atoms with van der Waals surface area (Å²) >= 11 is 9.64. The van der Waals surface area contributed by atoms with E-state index < -0.39 is 0 Å². The van der Waals surface area contributed by atoms with Gasteiger partial charge in [-0.2, -0.15) is 0 Å². The predicted molar refractivity (Wildman–Crippen MR) is 86.6 cm³/mol. The van der Waals surface area contributed by atoms with Gasteiger partial charge in [-0.15, -0.1) is 0 Å². The molecule has 0 aliphatic carbocycles. The Balaban J connectivity index is 1.99. The van der Waals surface area contributed by atoms with Crippen LogP contribution in [0.25, 0.3) is 0 Å². The third-order valence-electron chi connectivity index (χ3n) is 2.93. The van der Waals surface area contributed by atoms with E-state index in [0.29, 0.717) is 23.8 Å². The Morgan fingerprint density at radius 3 is 2.57 bits per heavy atom. The third-order valence-corrected chi connectivity index (χ3v) is 4.06. The van der Waals surface area contributed by atoms with E-state index in [9.17, 15) is 0 Å². The molecular formula is C15H14BrClN2O2. The standard InChI is InChI=1S/C15H14BrClN2O2/c16-13-4-2-1-3-11(13)8-21-9-12-6-5-10(7-14(12)17)15(18)19-20/h1-7,20H,8-9H2,(H2,18,19). The fourth-order valence-corrected chi connectivity index (χ4v) is 2.40. The van der Waals surface area contributed by atoms with E-state index in [1.807, 2.05) is 24.3 Å². The molecule has 0 atom stereocenters. The molecule has 0 saturated carbocycles. The van der Waals surface area contributed by atoms with Crippen molar-refractivity contribution < 1.29 is 9.94 Å². The second-order valence-electron chi connectivity index (χ2n) is 4.38. The van der Waals surface area contributed by atoms with Gasteiger partial charge in [0.2, 0.25) is 0 Å². The van der Waals surface area contributed by atoms with Crippen molar-refractivity contribution in [1.29, 1.82) is 0 Å². The molecule has 0 unspecified atom stereocenters. The minimum Gasteiger partial charge on any atom is -0.409 e. The van der Waals surface area contributed by atoms with Crippen LogP contribution in [-0.4, -0.2) is 11.0 Å². The number of amidine groups is 1. The topological polar surface area (TPSA) is 67.8 Å². The lowest BCUT2D eigenvalue weighted by molar-refractivity contribution is 0.107. The quantitative estimate of drug-likeness (QED) is 0.363. The molecule has 0 aliphatic heterocycles. The number of oxime groups is 1. The molecule has 2 rings (SSSR count). The molecule has 0 aliphatic rings. The van der Waals surface area contributed by atoms with Gasteiger partial charge < -0.3 is 15.7 Å². The fraction of sp³-hybridized carbons (Fsp3) is 0.133. The first-order chi connectivity index (χ1) is 10.1. The number of nitrogens with zero attached hydrogens (tertiary/aromatic N) is 1. The minimum absolute atomic E-state index is 0.0255. The second kappa shape index (κ2) is 7.45. The molecule has 6 heteroatoms. The van der Waals surface area contributed by atoms with Crippen LogP contribution in [0.15, 0.2) is 52.1 Å². The first-order valence-electron chi connectivity index (χ1n) is 6.19. The van der Waals surface area contributed by atoms with Gasteiger partial charge in [0.05, 0.1) is 13.2 Å². The molecule has 0 aromatic heterocycles. The SMILES string of the molecule is N/C(=N/O)c1ccc(COCc2ccccc2Br)c(Cl)c1. The molecule has 0 saturated heterocycles. The summed E-state index contributed by atoms with van der Waals surface area (Å²) in [5, 5.41) is 12.1. The van der Waals surface area contributed by atoms with E-state index in [-0.39, 0.29) is 5.84 Å². The summed E-state index contributed by atoms with van der Waals surface area (Å²) in [6.07, 6.45) is 0. The highest BCUT2D eigenvalue weighted by Crippen LogP contribution is 2.21. The van der Waals surface area contributed by atoms with Crippen LogP contribution in [0.3, 0.4) is 0 Å². The summed E-state index contributed by atoms with van der Waals surface area (Å²) in [4.78, 5) is 0. The van der Waals surface area contributed by atoms with E-state index in [0.717, 1.165) is 15.6 Å².